The molecule has 164 valence electrons. The third kappa shape index (κ3) is 5.57. The Labute approximate surface area is 186 Å². The first-order chi connectivity index (χ1) is 15.7. The molecule has 0 aliphatic carbocycles. The van der Waals surface area contributed by atoms with Crippen molar-refractivity contribution in [1.82, 2.24) is 10.6 Å². The summed E-state index contributed by atoms with van der Waals surface area (Å²) in [6, 6.07) is 23.9. The summed E-state index contributed by atoms with van der Waals surface area (Å²) >= 11 is 0. The minimum Gasteiger partial charge on any atom is -0.486 e. The molecule has 0 unspecified atom stereocenters. The Bertz CT molecular complexity index is 1070. The lowest BCUT2D eigenvalue weighted by molar-refractivity contribution is -0.123. The number of carbonyl (C=O) groups excluding carboxylic acids is 2. The molecule has 1 aliphatic heterocycles. The van der Waals surface area contributed by atoms with E-state index in [2.05, 4.69) is 10.6 Å². The molecule has 0 radical (unpaired) electrons. The van der Waals surface area contributed by atoms with Crippen LogP contribution in [0.15, 0.2) is 78.9 Å². The van der Waals surface area contributed by atoms with Crippen LogP contribution < -0.4 is 24.8 Å². The maximum atomic E-state index is 12.6. The van der Waals surface area contributed by atoms with Gasteiger partial charge in [0, 0.05) is 6.54 Å². The van der Waals surface area contributed by atoms with Crippen molar-refractivity contribution in [3.05, 3.63) is 90.0 Å². The lowest BCUT2D eigenvalue weighted by Crippen LogP contribution is -2.42. The van der Waals surface area contributed by atoms with E-state index in [1.165, 1.54) is 0 Å². The van der Waals surface area contributed by atoms with E-state index in [0.717, 1.165) is 5.56 Å². The normalized spacial score (nSPS) is 14.3. The summed E-state index contributed by atoms with van der Waals surface area (Å²) in [5.41, 5.74) is 1.37. The quantitative estimate of drug-likeness (QED) is 0.572. The van der Waals surface area contributed by atoms with E-state index < -0.39 is 0 Å². The Morgan fingerprint density at radius 2 is 1.59 bits per heavy atom. The van der Waals surface area contributed by atoms with Crippen LogP contribution in [0.3, 0.4) is 0 Å². The molecule has 7 nitrogen and oxygen atoms in total. The standard InChI is InChI=1S/C25H24N2O5/c28-24(26-15-19-16-30-22-12-6-7-13-23(22)32-19)17-31-21-11-5-4-10-20(21)25(29)27-14-18-8-2-1-3-9-18/h1-13,19H,14-17H2,(H,26,28)(H,27,29)/t19-/m1/s1. The second-order valence-electron chi connectivity index (χ2n) is 7.25. The van der Waals surface area contributed by atoms with Gasteiger partial charge in [-0.05, 0) is 29.8 Å². The van der Waals surface area contributed by atoms with Crippen molar-refractivity contribution in [1.29, 1.82) is 0 Å². The Balaban J connectivity index is 1.26. The zero-order valence-electron chi connectivity index (χ0n) is 17.5. The third-order valence-electron chi connectivity index (χ3n) is 4.88. The van der Waals surface area contributed by atoms with E-state index in [4.69, 9.17) is 14.2 Å². The Morgan fingerprint density at radius 1 is 0.875 bits per heavy atom. The molecule has 0 saturated heterocycles. The predicted molar refractivity (Wildman–Crippen MR) is 119 cm³/mol. The second-order valence-corrected chi connectivity index (χ2v) is 7.25. The summed E-state index contributed by atoms with van der Waals surface area (Å²) in [6.07, 6.45) is -0.287. The highest BCUT2D eigenvalue weighted by Gasteiger charge is 2.21. The minimum atomic E-state index is -0.313. The molecule has 0 aromatic heterocycles. The highest BCUT2D eigenvalue weighted by atomic mass is 16.6. The summed E-state index contributed by atoms with van der Waals surface area (Å²) < 4.78 is 17.1. The molecule has 0 bridgehead atoms. The van der Waals surface area contributed by atoms with Crippen LogP contribution in [0.5, 0.6) is 17.2 Å². The molecular weight excluding hydrogens is 408 g/mol. The summed E-state index contributed by atoms with van der Waals surface area (Å²) in [5, 5.41) is 5.65. The molecule has 2 amide bonds. The van der Waals surface area contributed by atoms with Gasteiger partial charge in [0.15, 0.2) is 18.1 Å². The van der Waals surface area contributed by atoms with Gasteiger partial charge >= 0.3 is 0 Å². The molecule has 7 heteroatoms. The number of para-hydroxylation sites is 3. The molecule has 0 fully saturated rings. The molecule has 4 rings (SSSR count). The number of benzene rings is 3. The van der Waals surface area contributed by atoms with Crippen LogP contribution in [-0.4, -0.2) is 37.7 Å². The van der Waals surface area contributed by atoms with E-state index >= 15 is 0 Å². The number of carbonyl (C=O) groups is 2. The zero-order chi connectivity index (χ0) is 22.2. The molecule has 0 spiro atoms. The van der Waals surface area contributed by atoms with Crippen molar-refractivity contribution in [3.63, 3.8) is 0 Å². The molecule has 1 heterocycles. The fourth-order valence-electron chi connectivity index (χ4n) is 3.24. The summed E-state index contributed by atoms with van der Waals surface area (Å²) in [6.45, 7) is 0.826. The van der Waals surface area contributed by atoms with Crippen LogP contribution in [-0.2, 0) is 11.3 Å². The minimum absolute atomic E-state index is 0.215. The first kappa shape index (κ1) is 21.2. The zero-order valence-corrected chi connectivity index (χ0v) is 17.5. The van der Waals surface area contributed by atoms with Gasteiger partial charge in [-0.2, -0.15) is 0 Å². The number of amides is 2. The van der Waals surface area contributed by atoms with Gasteiger partial charge < -0.3 is 24.8 Å². The molecular formula is C25H24N2O5. The number of nitrogens with one attached hydrogen (secondary N) is 2. The van der Waals surface area contributed by atoms with Gasteiger partial charge in [-0.25, -0.2) is 0 Å². The van der Waals surface area contributed by atoms with Crippen molar-refractivity contribution in [3.8, 4) is 17.2 Å². The fourth-order valence-corrected chi connectivity index (χ4v) is 3.24. The first-order valence-electron chi connectivity index (χ1n) is 10.4. The van der Waals surface area contributed by atoms with E-state index in [1.807, 2.05) is 54.6 Å². The average Bonchev–Trinajstić information content (AvgIpc) is 2.85. The first-order valence-corrected chi connectivity index (χ1v) is 10.4. The SMILES string of the molecule is O=C(COc1ccccc1C(=O)NCc1ccccc1)NC[C@@H]1COc2ccccc2O1. The van der Waals surface area contributed by atoms with E-state index in [-0.39, 0.29) is 31.1 Å². The van der Waals surface area contributed by atoms with Crippen LogP contribution in [0.25, 0.3) is 0 Å². The van der Waals surface area contributed by atoms with Crippen LogP contribution in [0.2, 0.25) is 0 Å². The van der Waals surface area contributed by atoms with Crippen LogP contribution in [0, 0.1) is 0 Å². The molecule has 1 atom stereocenters. The average molecular weight is 432 g/mol. The number of hydrogen-bond donors (Lipinski definition) is 2. The van der Waals surface area contributed by atoms with Crippen molar-refractivity contribution in [2.45, 2.75) is 12.6 Å². The molecule has 32 heavy (non-hydrogen) atoms. The molecule has 3 aromatic carbocycles. The number of fused-ring (bicyclic) bond motifs is 1. The maximum absolute atomic E-state index is 12.6. The van der Waals surface area contributed by atoms with Gasteiger partial charge in [0.05, 0.1) is 12.1 Å². The van der Waals surface area contributed by atoms with Gasteiger partial charge in [-0.1, -0.05) is 54.6 Å². The van der Waals surface area contributed by atoms with Crippen LogP contribution in [0.1, 0.15) is 15.9 Å². The Kier molecular flexibility index (Phi) is 6.87. The van der Waals surface area contributed by atoms with E-state index in [9.17, 15) is 9.59 Å². The topological polar surface area (TPSA) is 85.9 Å². The summed E-state index contributed by atoms with van der Waals surface area (Å²) in [7, 11) is 0. The van der Waals surface area contributed by atoms with Crippen molar-refractivity contribution in [2.24, 2.45) is 0 Å². The van der Waals surface area contributed by atoms with Crippen molar-refractivity contribution >= 4 is 11.8 Å². The lowest BCUT2D eigenvalue weighted by Gasteiger charge is -2.26. The van der Waals surface area contributed by atoms with E-state index in [1.54, 1.807) is 24.3 Å². The van der Waals surface area contributed by atoms with Gasteiger partial charge in [-0.15, -0.1) is 0 Å². The van der Waals surface area contributed by atoms with E-state index in [0.29, 0.717) is 36.0 Å². The maximum Gasteiger partial charge on any atom is 0.258 e. The van der Waals surface area contributed by atoms with Crippen molar-refractivity contribution < 1.29 is 23.8 Å². The summed E-state index contributed by atoms with van der Waals surface area (Å²) in [5.74, 6) is 1.12. The molecule has 3 aromatic rings. The molecule has 2 N–H and O–H groups in total. The van der Waals surface area contributed by atoms with Gasteiger partial charge in [0.25, 0.3) is 11.8 Å². The van der Waals surface area contributed by atoms with Gasteiger partial charge in [-0.3, -0.25) is 9.59 Å². The summed E-state index contributed by atoms with van der Waals surface area (Å²) in [4.78, 5) is 24.9. The largest absolute Gasteiger partial charge is 0.486 e. The van der Waals surface area contributed by atoms with Crippen molar-refractivity contribution in [2.75, 3.05) is 19.8 Å². The molecule has 1 aliphatic rings. The fraction of sp³-hybridized carbons (Fsp3) is 0.200. The number of ether oxygens (including phenoxy) is 3. The third-order valence-corrected chi connectivity index (χ3v) is 4.88. The lowest BCUT2D eigenvalue weighted by atomic mass is 10.1. The van der Waals surface area contributed by atoms with Gasteiger partial charge in [0.2, 0.25) is 0 Å². The number of rotatable bonds is 8. The second kappa shape index (κ2) is 10.3. The smallest absolute Gasteiger partial charge is 0.258 e. The Hall–Kier alpha value is -4.00. The predicted octanol–water partition coefficient (Wildman–Crippen LogP) is 2.95. The van der Waals surface area contributed by atoms with Gasteiger partial charge in [0.1, 0.15) is 18.5 Å². The number of hydrogen-bond acceptors (Lipinski definition) is 5. The monoisotopic (exact) mass is 432 g/mol. The highest BCUT2D eigenvalue weighted by Crippen LogP contribution is 2.30. The Morgan fingerprint density at radius 3 is 2.44 bits per heavy atom. The van der Waals surface area contributed by atoms with Crippen LogP contribution >= 0.6 is 0 Å². The van der Waals surface area contributed by atoms with Crippen LogP contribution in [0.4, 0.5) is 0 Å². The highest BCUT2D eigenvalue weighted by molar-refractivity contribution is 5.97. The molecule has 0 saturated carbocycles.